The first-order valence-electron chi connectivity index (χ1n) is 9.49. The summed E-state index contributed by atoms with van der Waals surface area (Å²) in [6.07, 6.45) is 0. The van der Waals surface area contributed by atoms with Gasteiger partial charge >= 0.3 is 11.9 Å². The standard InChI is InChI=1S/C18H16ClN3O4S2.C3H5F2NO/c1-26-18(23)13-6-5-12(8-15(13)21)22-28(24,25)16-9-14(17(19)27-16)10-3-2-4-11(20)7-10;1-3(4,5)2(6)7/h2-9,22H,20-21H2,1H3;1H3,(H2,6,7). The summed E-state index contributed by atoms with van der Waals surface area (Å²) < 4.78 is 55.6. The molecule has 188 valence electrons. The second-order valence-corrected chi connectivity index (χ2v) is 10.6. The number of amides is 1. The summed E-state index contributed by atoms with van der Waals surface area (Å²) in [5, 5.41) is 0. The van der Waals surface area contributed by atoms with Crippen molar-refractivity contribution in [3.63, 3.8) is 0 Å². The number of alkyl halides is 2. The molecule has 0 saturated heterocycles. The Kier molecular flexibility index (Phi) is 8.65. The topological polar surface area (TPSA) is 168 Å². The molecule has 7 N–H and O–H groups in total. The molecule has 2 aromatic carbocycles. The Morgan fingerprint density at radius 2 is 1.74 bits per heavy atom. The lowest BCUT2D eigenvalue weighted by Gasteiger charge is -2.09. The van der Waals surface area contributed by atoms with E-state index in [1.807, 2.05) is 0 Å². The molecule has 0 aliphatic heterocycles. The van der Waals surface area contributed by atoms with Crippen molar-refractivity contribution in [2.45, 2.75) is 17.1 Å². The first kappa shape index (κ1) is 27.8. The van der Waals surface area contributed by atoms with Gasteiger partial charge < -0.3 is 21.9 Å². The fourth-order valence-corrected chi connectivity index (χ4v) is 5.33. The Bertz CT molecular complexity index is 1360. The van der Waals surface area contributed by atoms with Crippen LogP contribution in [0.25, 0.3) is 11.1 Å². The molecular formula is C21H21ClF2N4O5S2. The number of nitrogens with one attached hydrogen (secondary N) is 1. The summed E-state index contributed by atoms with van der Waals surface area (Å²) in [6, 6.07) is 12.6. The van der Waals surface area contributed by atoms with Crippen LogP contribution < -0.4 is 21.9 Å². The van der Waals surface area contributed by atoms with Gasteiger partial charge in [-0.25, -0.2) is 13.2 Å². The summed E-state index contributed by atoms with van der Waals surface area (Å²) in [4.78, 5) is 21.1. The number of sulfonamides is 1. The van der Waals surface area contributed by atoms with Crippen LogP contribution in [0.5, 0.6) is 0 Å². The molecular weight excluding hydrogens is 526 g/mol. The molecule has 0 spiro atoms. The fourth-order valence-electron chi connectivity index (χ4n) is 2.51. The number of carbonyl (C=O) groups excluding carboxylic acids is 2. The largest absolute Gasteiger partial charge is 0.465 e. The number of anilines is 3. The maximum absolute atomic E-state index is 12.7. The average molecular weight is 547 g/mol. The number of esters is 1. The van der Waals surface area contributed by atoms with Crippen molar-refractivity contribution in [1.29, 1.82) is 0 Å². The number of hydrogen-bond acceptors (Lipinski definition) is 8. The highest BCUT2D eigenvalue weighted by Gasteiger charge is 2.28. The van der Waals surface area contributed by atoms with E-state index in [1.54, 1.807) is 24.3 Å². The Balaban J connectivity index is 0.000000540. The lowest BCUT2D eigenvalue weighted by Crippen LogP contribution is -2.31. The zero-order valence-electron chi connectivity index (χ0n) is 18.3. The highest BCUT2D eigenvalue weighted by molar-refractivity contribution is 7.94. The van der Waals surface area contributed by atoms with Crippen LogP contribution in [-0.2, 0) is 19.6 Å². The minimum Gasteiger partial charge on any atom is -0.465 e. The molecule has 0 unspecified atom stereocenters. The summed E-state index contributed by atoms with van der Waals surface area (Å²) in [5.41, 5.74) is 18.1. The van der Waals surface area contributed by atoms with E-state index in [-0.39, 0.29) is 21.1 Å². The van der Waals surface area contributed by atoms with E-state index in [2.05, 4.69) is 15.2 Å². The number of benzene rings is 2. The van der Waals surface area contributed by atoms with Crippen LogP contribution >= 0.6 is 22.9 Å². The van der Waals surface area contributed by atoms with Crippen molar-refractivity contribution in [3.05, 3.63) is 58.4 Å². The van der Waals surface area contributed by atoms with Gasteiger partial charge in [-0.05, 0) is 42.0 Å². The number of nitrogens with two attached hydrogens (primary N) is 3. The Morgan fingerprint density at radius 3 is 2.26 bits per heavy atom. The van der Waals surface area contributed by atoms with E-state index >= 15 is 0 Å². The van der Waals surface area contributed by atoms with E-state index < -0.39 is 27.8 Å². The minimum atomic E-state index is -3.91. The van der Waals surface area contributed by atoms with Crippen LogP contribution in [-0.4, -0.2) is 33.3 Å². The van der Waals surface area contributed by atoms with Crippen molar-refractivity contribution in [1.82, 2.24) is 0 Å². The third kappa shape index (κ3) is 7.28. The zero-order chi connectivity index (χ0) is 26.6. The van der Waals surface area contributed by atoms with E-state index in [1.165, 1.54) is 31.4 Å². The minimum absolute atomic E-state index is 0.0329. The monoisotopic (exact) mass is 546 g/mol. The van der Waals surface area contributed by atoms with Crippen LogP contribution in [0.15, 0.2) is 52.7 Å². The molecule has 0 bridgehead atoms. The molecule has 0 atom stereocenters. The SMILES string of the molecule is CC(F)(F)C(N)=O.COC(=O)c1ccc(NS(=O)(=O)c2cc(-c3cccc(N)c3)c(Cl)s2)cc1N. The maximum Gasteiger partial charge on any atom is 0.339 e. The molecule has 0 fully saturated rings. The van der Waals surface area contributed by atoms with Gasteiger partial charge in [0.15, 0.2) is 0 Å². The number of primary amides is 1. The smallest absolute Gasteiger partial charge is 0.339 e. The van der Waals surface area contributed by atoms with E-state index in [4.69, 9.17) is 23.1 Å². The van der Waals surface area contributed by atoms with E-state index in [0.717, 1.165) is 16.9 Å². The van der Waals surface area contributed by atoms with Gasteiger partial charge in [-0.1, -0.05) is 23.7 Å². The van der Waals surface area contributed by atoms with Crippen LogP contribution in [0.4, 0.5) is 25.8 Å². The number of carbonyl (C=O) groups is 2. The molecule has 3 rings (SSSR count). The zero-order valence-corrected chi connectivity index (χ0v) is 20.7. The maximum atomic E-state index is 12.7. The van der Waals surface area contributed by atoms with Crippen molar-refractivity contribution in [2.75, 3.05) is 23.3 Å². The number of thiophene rings is 1. The number of methoxy groups -OCH3 is 1. The van der Waals surface area contributed by atoms with Crippen molar-refractivity contribution in [2.24, 2.45) is 5.73 Å². The molecule has 9 nitrogen and oxygen atoms in total. The normalized spacial score (nSPS) is 11.2. The number of ether oxygens (including phenoxy) is 1. The van der Waals surface area contributed by atoms with Gasteiger partial charge in [-0.3, -0.25) is 9.52 Å². The lowest BCUT2D eigenvalue weighted by molar-refractivity contribution is -0.139. The molecule has 0 aliphatic rings. The van der Waals surface area contributed by atoms with Gasteiger partial charge in [0.25, 0.3) is 15.9 Å². The molecule has 14 heteroatoms. The van der Waals surface area contributed by atoms with Crippen molar-refractivity contribution < 1.29 is 31.5 Å². The predicted octanol–water partition coefficient (Wildman–Crippen LogP) is 3.95. The number of nitrogen functional groups attached to an aromatic ring is 2. The van der Waals surface area contributed by atoms with Gasteiger partial charge in [-0.15, -0.1) is 11.3 Å². The van der Waals surface area contributed by atoms with Crippen molar-refractivity contribution >= 4 is 61.9 Å². The van der Waals surface area contributed by atoms with Gasteiger partial charge in [0, 0.05) is 23.9 Å². The van der Waals surface area contributed by atoms with Gasteiger partial charge in [0.05, 0.1) is 18.4 Å². The van der Waals surface area contributed by atoms with Crippen LogP contribution in [0, 0.1) is 0 Å². The molecule has 0 radical (unpaired) electrons. The number of hydrogen-bond donors (Lipinski definition) is 4. The summed E-state index contributed by atoms with van der Waals surface area (Å²) in [5.74, 6) is -5.56. The van der Waals surface area contributed by atoms with Gasteiger partial charge in [0.1, 0.15) is 8.55 Å². The van der Waals surface area contributed by atoms with Crippen LogP contribution in [0.3, 0.4) is 0 Å². The van der Waals surface area contributed by atoms with Gasteiger partial charge in [-0.2, -0.15) is 8.78 Å². The van der Waals surface area contributed by atoms with E-state index in [9.17, 15) is 26.8 Å². The second kappa shape index (κ2) is 10.9. The summed E-state index contributed by atoms with van der Waals surface area (Å²) >= 11 is 7.18. The molecule has 1 aromatic heterocycles. The number of halogens is 3. The molecule has 1 amide bonds. The summed E-state index contributed by atoms with van der Waals surface area (Å²) in [7, 11) is -2.67. The first-order valence-corrected chi connectivity index (χ1v) is 12.2. The lowest BCUT2D eigenvalue weighted by atomic mass is 10.1. The third-order valence-electron chi connectivity index (χ3n) is 4.27. The highest BCUT2D eigenvalue weighted by Crippen LogP contribution is 2.39. The number of rotatable bonds is 6. The Hall–Kier alpha value is -3.42. The third-order valence-corrected chi connectivity index (χ3v) is 7.48. The molecule has 0 aliphatic carbocycles. The van der Waals surface area contributed by atoms with E-state index in [0.29, 0.717) is 22.5 Å². The highest BCUT2D eigenvalue weighted by atomic mass is 35.5. The fraction of sp³-hybridized carbons (Fsp3) is 0.143. The quantitative estimate of drug-likeness (QED) is 0.268. The molecule has 3 aromatic rings. The van der Waals surface area contributed by atoms with Gasteiger partial charge in [0.2, 0.25) is 0 Å². The molecule has 1 heterocycles. The predicted molar refractivity (Wildman–Crippen MR) is 132 cm³/mol. The van der Waals surface area contributed by atoms with Crippen LogP contribution in [0.1, 0.15) is 17.3 Å². The first-order chi connectivity index (χ1) is 16.2. The Morgan fingerprint density at radius 1 is 1.11 bits per heavy atom. The summed E-state index contributed by atoms with van der Waals surface area (Å²) in [6.45, 7) is 0.454. The Labute approximate surface area is 208 Å². The van der Waals surface area contributed by atoms with Crippen LogP contribution in [0.2, 0.25) is 4.34 Å². The molecule has 35 heavy (non-hydrogen) atoms. The average Bonchev–Trinajstić information content (AvgIpc) is 3.15. The molecule has 0 saturated carbocycles. The second-order valence-electron chi connectivity index (χ2n) is 7.03. The van der Waals surface area contributed by atoms with Crippen molar-refractivity contribution in [3.8, 4) is 11.1 Å².